The fourth-order valence-electron chi connectivity index (χ4n) is 2.49. The van der Waals surface area contributed by atoms with Gasteiger partial charge in [0.05, 0.1) is 11.8 Å². The van der Waals surface area contributed by atoms with Gasteiger partial charge in [0.25, 0.3) is 0 Å². The van der Waals surface area contributed by atoms with E-state index in [1.54, 1.807) is 6.92 Å². The van der Waals surface area contributed by atoms with Crippen LogP contribution < -0.4 is 5.32 Å². The first-order valence-corrected chi connectivity index (χ1v) is 7.23. The normalized spacial score (nSPS) is 24.8. The smallest absolute Gasteiger partial charge is 0.340 e. The largest absolute Gasteiger partial charge is 0.478 e. The van der Waals surface area contributed by atoms with Crippen molar-refractivity contribution in [2.45, 2.75) is 46.3 Å². The third-order valence-corrected chi connectivity index (χ3v) is 4.80. The van der Waals surface area contributed by atoms with Gasteiger partial charge in [-0.3, -0.25) is 0 Å². The number of carbonyl (C=O) groups is 1. The summed E-state index contributed by atoms with van der Waals surface area (Å²) in [5.41, 5.74) is 0.864. The molecule has 0 amide bonds. The molecule has 1 aliphatic rings. The van der Waals surface area contributed by atoms with E-state index in [4.69, 9.17) is 4.74 Å². The second kappa shape index (κ2) is 5.09. The van der Waals surface area contributed by atoms with Gasteiger partial charge in [-0.15, -0.1) is 0 Å². The number of hydrogen-bond donors (Lipinski definition) is 2. The number of carboxylic acids is 1. The summed E-state index contributed by atoms with van der Waals surface area (Å²) < 4.78 is 9.79. The molecule has 1 aromatic rings. The maximum atomic E-state index is 11.2. The summed E-state index contributed by atoms with van der Waals surface area (Å²) in [6, 6.07) is 0.224. The highest BCUT2D eigenvalue weighted by molar-refractivity contribution is 7.10. The number of nitrogens with zero attached hydrogens (tertiary/aromatic N) is 1. The Balaban J connectivity index is 2.10. The molecule has 1 fully saturated rings. The van der Waals surface area contributed by atoms with E-state index < -0.39 is 5.97 Å². The van der Waals surface area contributed by atoms with Crippen LogP contribution >= 0.6 is 11.5 Å². The summed E-state index contributed by atoms with van der Waals surface area (Å²) in [5, 5.41) is 13.2. The minimum atomic E-state index is -0.924. The number of aromatic nitrogens is 1. The number of aromatic carboxylic acids is 1. The SMILES string of the molecule is CCOC1CC(Nc2snc(C)c2C(=O)O)C1(C)C. The molecule has 2 atom stereocenters. The summed E-state index contributed by atoms with van der Waals surface area (Å²) in [5.74, 6) is -0.924. The van der Waals surface area contributed by atoms with E-state index in [2.05, 4.69) is 23.5 Å². The molecule has 0 aromatic carbocycles. The molecule has 6 heteroatoms. The average Bonchev–Trinajstić information content (AvgIpc) is 2.69. The summed E-state index contributed by atoms with van der Waals surface area (Å²) in [7, 11) is 0. The highest BCUT2D eigenvalue weighted by atomic mass is 32.1. The van der Waals surface area contributed by atoms with Crippen LogP contribution in [0.25, 0.3) is 0 Å². The van der Waals surface area contributed by atoms with Crippen molar-refractivity contribution in [3.8, 4) is 0 Å². The summed E-state index contributed by atoms with van der Waals surface area (Å²) in [6.45, 7) is 8.71. The Morgan fingerprint density at radius 1 is 1.63 bits per heavy atom. The number of anilines is 1. The van der Waals surface area contributed by atoms with Gasteiger partial charge in [0.15, 0.2) is 0 Å². The Morgan fingerprint density at radius 3 is 2.84 bits per heavy atom. The Bertz CT molecular complexity index is 484. The fourth-order valence-corrected chi connectivity index (χ4v) is 3.33. The second-order valence-electron chi connectivity index (χ2n) is 5.48. The lowest BCUT2D eigenvalue weighted by Gasteiger charge is -2.51. The molecule has 0 saturated heterocycles. The first-order chi connectivity index (χ1) is 8.87. The molecule has 1 heterocycles. The zero-order valence-electron chi connectivity index (χ0n) is 11.7. The highest BCUT2D eigenvalue weighted by Gasteiger charge is 2.49. The van der Waals surface area contributed by atoms with Crippen LogP contribution in [0.5, 0.6) is 0 Å². The molecule has 2 N–H and O–H groups in total. The quantitative estimate of drug-likeness (QED) is 0.870. The molecule has 0 aliphatic heterocycles. The minimum Gasteiger partial charge on any atom is -0.478 e. The number of rotatable bonds is 5. The van der Waals surface area contributed by atoms with Gasteiger partial charge in [-0.25, -0.2) is 4.79 Å². The van der Waals surface area contributed by atoms with E-state index in [0.29, 0.717) is 22.9 Å². The van der Waals surface area contributed by atoms with Crippen molar-refractivity contribution in [3.63, 3.8) is 0 Å². The zero-order chi connectivity index (χ0) is 14.2. The number of nitrogens with one attached hydrogen (secondary N) is 1. The predicted molar refractivity (Wildman–Crippen MR) is 75.0 cm³/mol. The van der Waals surface area contributed by atoms with Crippen molar-refractivity contribution in [3.05, 3.63) is 11.3 Å². The van der Waals surface area contributed by atoms with Crippen molar-refractivity contribution in [2.75, 3.05) is 11.9 Å². The van der Waals surface area contributed by atoms with Crippen molar-refractivity contribution in [1.29, 1.82) is 0 Å². The van der Waals surface area contributed by atoms with Gasteiger partial charge in [-0.1, -0.05) is 13.8 Å². The van der Waals surface area contributed by atoms with E-state index in [9.17, 15) is 9.90 Å². The van der Waals surface area contributed by atoms with E-state index in [0.717, 1.165) is 6.42 Å². The molecule has 106 valence electrons. The number of hydrogen-bond acceptors (Lipinski definition) is 5. The van der Waals surface area contributed by atoms with Gasteiger partial charge < -0.3 is 15.2 Å². The lowest BCUT2D eigenvalue weighted by atomic mass is 9.64. The predicted octanol–water partition coefficient (Wildman–Crippen LogP) is 2.77. The van der Waals surface area contributed by atoms with Gasteiger partial charge in [0.2, 0.25) is 0 Å². The molecular weight excluding hydrogens is 264 g/mol. The van der Waals surface area contributed by atoms with Crippen LogP contribution in [0.15, 0.2) is 0 Å². The van der Waals surface area contributed by atoms with Crippen molar-refractivity contribution in [2.24, 2.45) is 5.41 Å². The lowest BCUT2D eigenvalue weighted by Crippen LogP contribution is -2.58. The Labute approximate surface area is 117 Å². The Kier molecular flexibility index (Phi) is 3.82. The van der Waals surface area contributed by atoms with E-state index in [-0.39, 0.29) is 17.6 Å². The van der Waals surface area contributed by atoms with Crippen LogP contribution in [-0.2, 0) is 4.74 Å². The van der Waals surface area contributed by atoms with Crippen molar-refractivity contribution in [1.82, 2.24) is 4.37 Å². The van der Waals surface area contributed by atoms with Gasteiger partial charge in [0.1, 0.15) is 10.6 Å². The third-order valence-electron chi connectivity index (χ3n) is 3.93. The molecular formula is C13H20N2O3S. The number of carboxylic acid groups (broad SMARTS) is 1. The van der Waals surface area contributed by atoms with Gasteiger partial charge in [0, 0.05) is 18.1 Å². The molecule has 2 unspecified atom stereocenters. The van der Waals surface area contributed by atoms with Crippen LogP contribution in [0, 0.1) is 12.3 Å². The molecule has 1 aromatic heterocycles. The molecule has 0 bridgehead atoms. The summed E-state index contributed by atoms with van der Waals surface area (Å²) >= 11 is 1.21. The van der Waals surface area contributed by atoms with Crippen LogP contribution in [0.2, 0.25) is 0 Å². The minimum absolute atomic E-state index is 0.00365. The first kappa shape index (κ1) is 14.3. The van der Waals surface area contributed by atoms with Gasteiger partial charge in [-0.2, -0.15) is 4.37 Å². The van der Waals surface area contributed by atoms with E-state index in [1.165, 1.54) is 11.5 Å². The zero-order valence-corrected chi connectivity index (χ0v) is 12.5. The summed E-state index contributed by atoms with van der Waals surface area (Å²) in [4.78, 5) is 11.2. The number of aryl methyl sites for hydroxylation is 1. The molecule has 5 nitrogen and oxygen atoms in total. The van der Waals surface area contributed by atoms with Crippen LogP contribution in [-0.4, -0.2) is 34.2 Å². The molecule has 0 radical (unpaired) electrons. The number of ether oxygens (including phenoxy) is 1. The fraction of sp³-hybridized carbons (Fsp3) is 0.692. The lowest BCUT2D eigenvalue weighted by molar-refractivity contribution is -0.0975. The van der Waals surface area contributed by atoms with Crippen LogP contribution in [0.1, 0.15) is 43.2 Å². The molecule has 0 spiro atoms. The second-order valence-corrected chi connectivity index (χ2v) is 6.25. The average molecular weight is 284 g/mol. The molecule has 1 saturated carbocycles. The standard InChI is InChI=1S/C13H20N2O3S/c1-5-18-9-6-8(13(9,3)4)14-11-10(12(16)17)7(2)15-19-11/h8-9,14H,5-6H2,1-4H3,(H,16,17). The van der Waals surface area contributed by atoms with E-state index in [1.807, 2.05) is 6.92 Å². The molecule has 1 aliphatic carbocycles. The van der Waals surface area contributed by atoms with Crippen LogP contribution in [0.3, 0.4) is 0 Å². The monoisotopic (exact) mass is 284 g/mol. The summed E-state index contributed by atoms with van der Waals surface area (Å²) in [6.07, 6.45) is 1.13. The topological polar surface area (TPSA) is 71.5 Å². The van der Waals surface area contributed by atoms with Crippen LogP contribution in [0.4, 0.5) is 5.00 Å². The van der Waals surface area contributed by atoms with Crippen molar-refractivity contribution >= 4 is 22.5 Å². The highest BCUT2D eigenvalue weighted by Crippen LogP contribution is 2.45. The van der Waals surface area contributed by atoms with Gasteiger partial charge in [-0.05, 0) is 31.8 Å². The van der Waals surface area contributed by atoms with Gasteiger partial charge >= 0.3 is 5.97 Å². The third kappa shape index (κ3) is 2.47. The molecule has 2 rings (SSSR count). The molecule has 19 heavy (non-hydrogen) atoms. The maximum absolute atomic E-state index is 11.2. The Morgan fingerprint density at radius 2 is 2.32 bits per heavy atom. The first-order valence-electron chi connectivity index (χ1n) is 6.45. The van der Waals surface area contributed by atoms with Crippen molar-refractivity contribution < 1.29 is 14.6 Å². The Hall–Kier alpha value is -1.14. The van der Waals surface area contributed by atoms with E-state index >= 15 is 0 Å². The maximum Gasteiger partial charge on any atom is 0.340 e.